The van der Waals surface area contributed by atoms with Crippen LogP contribution in [0.2, 0.25) is 0 Å². The van der Waals surface area contributed by atoms with Gasteiger partial charge in [-0.05, 0) is 12.1 Å². The van der Waals surface area contributed by atoms with Gasteiger partial charge in [0.15, 0.2) is 0 Å². The van der Waals surface area contributed by atoms with E-state index in [1.54, 1.807) is 0 Å². The predicted octanol–water partition coefficient (Wildman–Crippen LogP) is 4.26. The Bertz CT molecular complexity index is 1030. The fourth-order valence-corrected chi connectivity index (χ4v) is 2.57. The molecule has 1 heterocycles. The zero-order valence-electron chi connectivity index (χ0n) is 13.7. The van der Waals surface area contributed by atoms with Crippen molar-refractivity contribution < 1.29 is 14.3 Å². The summed E-state index contributed by atoms with van der Waals surface area (Å²) in [5.74, 6) is 0.745. The fraction of sp³-hybridized carbons (Fsp3) is 0.118. The number of non-ortho nitro benzene ring substituents is 1. The normalized spacial score (nSPS) is 11.1. The topological polar surface area (TPSA) is 124 Å². The highest BCUT2D eigenvalue weighted by Crippen LogP contribution is 2.29. The minimum Gasteiger partial charge on any atom is -0.460 e. The lowest BCUT2D eigenvalue weighted by molar-refractivity contribution is -0.393. The van der Waals surface area contributed by atoms with E-state index >= 15 is 0 Å². The number of benzene rings is 2. The summed E-state index contributed by atoms with van der Waals surface area (Å²) in [4.78, 5) is 20.5. The molecule has 0 aliphatic heterocycles. The van der Waals surface area contributed by atoms with Gasteiger partial charge in [-0.15, -0.1) is 0 Å². The molecule has 26 heavy (non-hydrogen) atoms. The molecule has 9 heteroatoms. The number of fused-ring (bicyclic) bond motifs is 1. The predicted molar refractivity (Wildman–Crippen MR) is 96.6 cm³/mol. The molecule has 0 unspecified atom stereocenters. The van der Waals surface area contributed by atoms with Crippen LogP contribution in [0.15, 0.2) is 52.0 Å². The lowest BCUT2D eigenvalue weighted by Gasteiger charge is -2.02. The number of hydrazone groups is 1. The van der Waals surface area contributed by atoms with Crippen LogP contribution in [0.1, 0.15) is 18.2 Å². The molecule has 3 aromatic rings. The first-order chi connectivity index (χ1) is 12.5. The Kier molecular flexibility index (Phi) is 4.61. The number of para-hydroxylation sites is 1. The number of hydrogen-bond acceptors (Lipinski definition) is 7. The number of furan rings is 1. The van der Waals surface area contributed by atoms with Gasteiger partial charge in [0.1, 0.15) is 17.0 Å². The maximum absolute atomic E-state index is 11.1. The van der Waals surface area contributed by atoms with E-state index in [9.17, 15) is 20.2 Å². The van der Waals surface area contributed by atoms with E-state index in [1.807, 2.05) is 31.2 Å². The molecule has 1 aromatic heterocycles. The van der Waals surface area contributed by atoms with Crippen LogP contribution in [0.4, 0.5) is 17.1 Å². The van der Waals surface area contributed by atoms with Crippen LogP contribution in [-0.2, 0) is 6.42 Å². The maximum Gasteiger partial charge on any atom is 0.301 e. The zero-order chi connectivity index (χ0) is 18.7. The minimum absolute atomic E-state index is 0.0581. The third-order valence-corrected chi connectivity index (χ3v) is 3.80. The van der Waals surface area contributed by atoms with Crippen molar-refractivity contribution in [3.63, 3.8) is 0 Å². The molecule has 0 spiro atoms. The van der Waals surface area contributed by atoms with E-state index in [0.29, 0.717) is 6.42 Å². The van der Waals surface area contributed by atoms with E-state index in [2.05, 4.69) is 10.5 Å². The molecule has 0 bridgehead atoms. The molecule has 0 fully saturated rings. The van der Waals surface area contributed by atoms with E-state index < -0.39 is 15.5 Å². The van der Waals surface area contributed by atoms with Gasteiger partial charge in [-0.25, -0.2) is 0 Å². The molecular formula is C17H14N4O5. The van der Waals surface area contributed by atoms with Crippen LogP contribution in [0, 0.1) is 20.2 Å². The van der Waals surface area contributed by atoms with Crippen LogP contribution in [-0.4, -0.2) is 16.1 Å². The summed E-state index contributed by atoms with van der Waals surface area (Å²) in [5.41, 5.74) is 3.36. The third-order valence-electron chi connectivity index (χ3n) is 3.80. The Balaban J connectivity index is 1.92. The standard InChI is InChI=1S/C17H14N4O5/c1-2-16-13(12-5-3-4-6-17(12)26-16)10-18-19-14-8-7-11(20(22)23)9-15(14)21(24)25/h3-10,19H,2H2,1H3/b18-10-. The van der Waals surface area contributed by atoms with Gasteiger partial charge in [0.2, 0.25) is 0 Å². The van der Waals surface area contributed by atoms with Crippen molar-refractivity contribution in [1.29, 1.82) is 0 Å². The average molecular weight is 354 g/mol. The second kappa shape index (κ2) is 7.01. The summed E-state index contributed by atoms with van der Waals surface area (Å²) in [5, 5.41) is 26.8. The van der Waals surface area contributed by atoms with Crippen molar-refractivity contribution in [2.45, 2.75) is 13.3 Å². The van der Waals surface area contributed by atoms with Crippen LogP contribution in [0.25, 0.3) is 11.0 Å². The van der Waals surface area contributed by atoms with Crippen molar-refractivity contribution in [1.82, 2.24) is 0 Å². The number of nitro groups is 2. The van der Waals surface area contributed by atoms with Gasteiger partial charge in [0, 0.05) is 23.4 Å². The molecule has 0 saturated carbocycles. The minimum atomic E-state index is -0.699. The van der Waals surface area contributed by atoms with Gasteiger partial charge in [-0.3, -0.25) is 25.7 Å². The lowest BCUT2D eigenvalue weighted by Crippen LogP contribution is -1.99. The van der Waals surface area contributed by atoms with Gasteiger partial charge in [-0.2, -0.15) is 5.10 Å². The van der Waals surface area contributed by atoms with Gasteiger partial charge in [-0.1, -0.05) is 25.1 Å². The summed E-state index contributed by atoms with van der Waals surface area (Å²) in [6.45, 7) is 1.95. The lowest BCUT2D eigenvalue weighted by atomic mass is 10.1. The van der Waals surface area contributed by atoms with Crippen molar-refractivity contribution in [2.75, 3.05) is 5.43 Å². The van der Waals surface area contributed by atoms with E-state index in [0.717, 1.165) is 28.4 Å². The van der Waals surface area contributed by atoms with Crippen molar-refractivity contribution in [3.05, 3.63) is 74.0 Å². The average Bonchev–Trinajstić information content (AvgIpc) is 2.99. The highest BCUT2D eigenvalue weighted by atomic mass is 16.6. The number of aryl methyl sites for hydroxylation is 1. The monoisotopic (exact) mass is 354 g/mol. The van der Waals surface area contributed by atoms with E-state index in [-0.39, 0.29) is 11.4 Å². The molecule has 2 aromatic carbocycles. The molecule has 132 valence electrons. The third kappa shape index (κ3) is 3.22. The number of hydrogen-bond donors (Lipinski definition) is 1. The Morgan fingerprint density at radius 1 is 1.15 bits per heavy atom. The summed E-state index contributed by atoms with van der Waals surface area (Å²) in [6, 6.07) is 10.8. The van der Waals surface area contributed by atoms with Crippen molar-refractivity contribution in [2.24, 2.45) is 5.10 Å². The number of nitrogens with zero attached hydrogens (tertiary/aromatic N) is 3. The molecule has 9 nitrogen and oxygen atoms in total. The Morgan fingerprint density at radius 3 is 2.62 bits per heavy atom. The molecule has 0 aliphatic carbocycles. The van der Waals surface area contributed by atoms with Crippen LogP contribution in [0.5, 0.6) is 0 Å². The molecule has 0 amide bonds. The number of anilines is 1. The van der Waals surface area contributed by atoms with Crippen molar-refractivity contribution >= 4 is 34.2 Å². The first-order valence-electron chi connectivity index (χ1n) is 7.73. The second-order valence-electron chi connectivity index (χ2n) is 5.37. The largest absolute Gasteiger partial charge is 0.460 e. The summed E-state index contributed by atoms with van der Waals surface area (Å²) in [6.07, 6.45) is 2.18. The summed E-state index contributed by atoms with van der Waals surface area (Å²) >= 11 is 0. The van der Waals surface area contributed by atoms with Crippen LogP contribution >= 0.6 is 0 Å². The summed E-state index contributed by atoms with van der Waals surface area (Å²) in [7, 11) is 0. The molecule has 0 radical (unpaired) electrons. The first-order valence-corrected chi connectivity index (χ1v) is 7.73. The van der Waals surface area contributed by atoms with Crippen molar-refractivity contribution in [3.8, 4) is 0 Å². The number of rotatable bonds is 6. The first kappa shape index (κ1) is 17.1. The highest BCUT2D eigenvalue weighted by molar-refractivity contribution is 5.99. The zero-order valence-corrected chi connectivity index (χ0v) is 13.7. The second-order valence-corrected chi connectivity index (χ2v) is 5.37. The maximum atomic E-state index is 11.1. The molecular weight excluding hydrogens is 340 g/mol. The molecule has 0 atom stereocenters. The van der Waals surface area contributed by atoms with E-state index in [4.69, 9.17) is 4.42 Å². The van der Waals surface area contributed by atoms with Gasteiger partial charge < -0.3 is 4.42 Å². The van der Waals surface area contributed by atoms with Gasteiger partial charge >= 0.3 is 5.69 Å². The SMILES string of the molecule is CCc1oc2ccccc2c1/C=N\Nc1ccc([N+](=O)[O-])cc1[N+](=O)[O-]. The Morgan fingerprint density at radius 2 is 1.92 bits per heavy atom. The smallest absolute Gasteiger partial charge is 0.301 e. The van der Waals surface area contributed by atoms with Crippen LogP contribution in [0.3, 0.4) is 0 Å². The highest BCUT2D eigenvalue weighted by Gasteiger charge is 2.19. The van der Waals surface area contributed by atoms with Gasteiger partial charge in [0.05, 0.1) is 22.1 Å². The van der Waals surface area contributed by atoms with Crippen LogP contribution < -0.4 is 5.43 Å². The molecule has 3 rings (SSSR count). The fourth-order valence-electron chi connectivity index (χ4n) is 2.57. The molecule has 0 saturated heterocycles. The Hall–Kier alpha value is -3.75. The molecule has 1 N–H and O–H groups in total. The quantitative estimate of drug-likeness (QED) is 0.401. The van der Waals surface area contributed by atoms with E-state index in [1.165, 1.54) is 18.3 Å². The number of nitro benzene ring substituents is 2. The molecule has 0 aliphatic rings. The number of nitrogens with one attached hydrogen (secondary N) is 1. The van der Waals surface area contributed by atoms with Gasteiger partial charge in [0.25, 0.3) is 5.69 Å². The Labute approximate surface area is 147 Å². The summed E-state index contributed by atoms with van der Waals surface area (Å²) < 4.78 is 5.75.